The highest BCUT2D eigenvalue weighted by atomic mass is 19.1. The number of fused-ring (bicyclic) bond motifs is 1. The maximum Gasteiger partial charge on any atom is 0.133 e. The van der Waals surface area contributed by atoms with Gasteiger partial charge < -0.3 is 0 Å². The SMILES string of the molecule is CC(C)NC1(C#N)CCc2c(F)cccc21. The summed E-state index contributed by atoms with van der Waals surface area (Å²) in [6.07, 6.45) is 1.28. The molecule has 0 fully saturated rings. The van der Waals surface area contributed by atoms with Gasteiger partial charge in [-0.25, -0.2) is 4.39 Å². The molecule has 0 spiro atoms. The Hall–Kier alpha value is -1.40. The van der Waals surface area contributed by atoms with Gasteiger partial charge in [0.05, 0.1) is 6.07 Å². The minimum Gasteiger partial charge on any atom is -0.293 e. The predicted molar refractivity (Wildman–Crippen MR) is 60.3 cm³/mol. The second-order valence-corrected chi connectivity index (χ2v) is 4.58. The number of benzene rings is 1. The van der Waals surface area contributed by atoms with Gasteiger partial charge in [-0.2, -0.15) is 5.26 Å². The molecule has 84 valence electrons. The van der Waals surface area contributed by atoms with Crippen molar-refractivity contribution in [1.29, 1.82) is 5.26 Å². The maximum atomic E-state index is 13.6. The molecule has 0 radical (unpaired) electrons. The van der Waals surface area contributed by atoms with E-state index in [1.807, 2.05) is 19.9 Å². The molecule has 0 aromatic heterocycles. The molecular weight excluding hydrogens is 203 g/mol. The molecular formula is C13H15FN2. The van der Waals surface area contributed by atoms with Crippen molar-refractivity contribution in [3.63, 3.8) is 0 Å². The van der Waals surface area contributed by atoms with Gasteiger partial charge in [0.2, 0.25) is 0 Å². The van der Waals surface area contributed by atoms with Gasteiger partial charge in [-0.05, 0) is 43.9 Å². The summed E-state index contributed by atoms with van der Waals surface area (Å²) in [7, 11) is 0. The van der Waals surface area contributed by atoms with E-state index in [1.54, 1.807) is 6.07 Å². The first-order valence-electron chi connectivity index (χ1n) is 5.56. The Morgan fingerprint density at radius 3 is 2.88 bits per heavy atom. The Labute approximate surface area is 95.1 Å². The predicted octanol–water partition coefficient (Wildman–Crippen LogP) is 2.49. The van der Waals surface area contributed by atoms with E-state index in [2.05, 4.69) is 11.4 Å². The van der Waals surface area contributed by atoms with Crippen molar-refractivity contribution in [2.75, 3.05) is 0 Å². The molecule has 1 unspecified atom stereocenters. The number of nitrogens with zero attached hydrogens (tertiary/aromatic N) is 1. The van der Waals surface area contributed by atoms with Gasteiger partial charge in [-0.1, -0.05) is 12.1 Å². The molecule has 1 aromatic rings. The van der Waals surface area contributed by atoms with E-state index in [-0.39, 0.29) is 11.9 Å². The number of rotatable bonds is 2. The van der Waals surface area contributed by atoms with E-state index in [4.69, 9.17) is 0 Å². The van der Waals surface area contributed by atoms with E-state index in [9.17, 15) is 9.65 Å². The maximum absolute atomic E-state index is 13.6. The lowest BCUT2D eigenvalue weighted by Crippen LogP contribution is -2.43. The minimum absolute atomic E-state index is 0.194. The largest absolute Gasteiger partial charge is 0.293 e. The molecule has 2 nitrogen and oxygen atoms in total. The van der Waals surface area contributed by atoms with Crippen LogP contribution in [0.1, 0.15) is 31.4 Å². The zero-order valence-corrected chi connectivity index (χ0v) is 9.55. The zero-order chi connectivity index (χ0) is 11.8. The highest BCUT2D eigenvalue weighted by Crippen LogP contribution is 2.37. The first kappa shape index (κ1) is 11.1. The van der Waals surface area contributed by atoms with Crippen LogP contribution in [0.4, 0.5) is 4.39 Å². The molecule has 1 atom stereocenters. The third-order valence-electron chi connectivity index (χ3n) is 3.05. The topological polar surface area (TPSA) is 35.8 Å². The molecule has 0 aliphatic heterocycles. The number of hydrogen-bond donors (Lipinski definition) is 1. The summed E-state index contributed by atoms with van der Waals surface area (Å²) in [5, 5.41) is 12.6. The summed E-state index contributed by atoms with van der Waals surface area (Å²) >= 11 is 0. The second kappa shape index (κ2) is 3.88. The van der Waals surface area contributed by atoms with Crippen molar-refractivity contribution in [3.8, 4) is 6.07 Å². The summed E-state index contributed by atoms with van der Waals surface area (Å²) in [5.41, 5.74) is 0.798. The highest BCUT2D eigenvalue weighted by Gasteiger charge is 2.40. The van der Waals surface area contributed by atoms with E-state index >= 15 is 0 Å². The van der Waals surface area contributed by atoms with Crippen molar-refractivity contribution in [2.45, 2.75) is 38.3 Å². The highest BCUT2D eigenvalue weighted by molar-refractivity contribution is 5.44. The first-order chi connectivity index (χ1) is 7.59. The number of nitrogens with one attached hydrogen (secondary N) is 1. The van der Waals surface area contributed by atoms with Gasteiger partial charge >= 0.3 is 0 Å². The molecule has 2 rings (SSSR count). The fraction of sp³-hybridized carbons (Fsp3) is 0.462. The molecule has 0 heterocycles. The molecule has 1 aliphatic rings. The molecule has 16 heavy (non-hydrogen) atoms. The van der Waals surface area contributed by atoms with E-state index < -0.39 is 5.54 Å². The number of nitriles is 1. The van der Waals surface area contributed by atoms with Crippen LogP contribution in [0.2, 0.25) is 0 Å². The van der Waals surface area contributed by atoms with Crippen molar-refractivity contribution < 1.29 is 4.39 Å². The standard InChI is InChI=1S/C13H15FN2/c1-9(2)16-13(8-15)7-6-10-11(13)4-3-5-12(10)14/h3-5,9,16H,6-7H2,1-2H3. The summed E-state index contributed by atoms with van der Waals surface area (Å²) in [6, 6.07) is 7.50. The van der Waals surface area contributed by atoms with Crippen LogP contribution in [0.3, 0.4) is 0 Å². The van der Waals surface area contributed by atoms with Crippen LogP contribution >= 0.6 is 0 Å². The summed E-state index contributed by atoms with van der Waals surface area (Å²) in [5.74, 6) is -0.194. The minimum atomic E-state index is -0.703. The van der Waals surface area contributed by atoms with Gasteiger partial charge in [-0.3, -0.25) is 5.32 Å². The van der Waals surface area contributed by atoms with E-state index in [0.717, 1.165) is 5.56 Å². The summed E-state index contributed by atoms with van der Waals surface area (Å²) in [4.78, 5) is 0. The first-order valence-corrected chi connectivity index (χ1v) is 5.56. The van der Waals surface area contributed by atoms with Crippen molar-refractivity contribution in [1.82, 2.24) is 5.32 Å². The third-order valence-corrected chi connectivity index (χ3v) is 3.05. The van der Waals surface area contributed by atoms with Crippen LogP contribution in [0.25, 0.3) is 0 Å². The van der Waals surface area contributed by atoms with Crippen LogP contribution < -0.4 is 5.32 Å². The fourth-order valence-corrected chi connectivity index (χ4v) is 2.45. The van der Waals surface area contributed by atoms with Gasteiger partial charge in [-0.15, -0.1) is 0 Å². The van der Waals surface area contributed by atoms with Gasteiger partial charge in [0.15, 0.2) is 0 Å². The Morgan fingerprint density at radius 1 is 1.50 bits per heavy atom. The molecule has 1 aliphatic carbocycles. The lowest BCUT2D eigenvalue weighted by Gasteiger charge is -2.26. The van der Waals surface area contributed by atoms with Crippen LogP contribution in [0.15, 0.2) is 18.2 Å². The molecule has 1 N–H and O–H groups in total. The number of halogens is 1. The van der Waals surface area contributed by atoms with E-state index in [1.165, 1.54) is 6.07 Å². The van der Waals surface area contributed by atoms with Gasteiger partial charge in [0, 0.05) is 6.04 Å². The molecule has 0 saturated heterocycles. The van der Waals surface area contributed by atoms with Crippen molar-refractivity contribution in [2.24, 2.45) is 0 Å². The smallest absolute Gasteiger partial charge is 0.133 e. The molecule has 3 heteroatoms. The molecule has 1 aromatic carbocycles. The Bertz CT molecular complexity index is 448. The summed E-state index contributed by atoms with van der Waals surface area (Å²) < 4.78 is 13.6. The van der Waals surface area contributed by atoms with E-state index in [0.29, 0.717) is 18.4 Å². The van der Waals surface area contributed by atoms with Crippen LogP contribution in [0.5, 0.6) is 0 Å². The van der Waals surface area contributed by atoms with Crippen molar-refractivity contribution >= 4 is 0 Å². The van der Waals surface area contributed by atoms with Crippen LogP contribution in [-0.4, -0.2) is 6.04 Å². The Balaban J connectivity index is 2.49. The Morgan fingerprint density at radius 2 is 2.25 bits per heavy atom. The quantitative estimate of drug-likeness (QED) is 0.827. The van der Waals surface area contributed by atoms with Crippen LogP contribution in [0, 0.1) is 17.1 Å². The number of hydrogen-bond acceptors (Lipinski definition) is 2. The molecule has 0 bridgehead atoms. The Kier molecular flexibility index (Phi) is 2.69. The fourth-order valence-electron chi connectivity index (χ4n) is 2.45. The van der Waals surface area contributed by atoms with Crippen molar-refractivity contribution in [3.05, 3.63) is 35.1 Å². The molecule has 0 saturated carbocycles. The van der Waals surface area contributed by atoms with Gasteiger partial charge in [0.25, 0.3) is 0 Å². The van der Waals surface area contributed by atoms with Gasteiger partial charge in [0.1, 0.15) is 11.4 Å². The molecule has 0 amide bonds. The zero-order valence-electron chi connectivity index (χ0n) is 9.55. The average Bonchev–Trinajstić information content (AvgIpc) is 2.59. The second-order valence-electron chi connectivity index (χ2n) is 4.58. The average molecular weight is 218 g/mol. The third kappa shape index (κ3) is 1.60. The summed E-state index contributed by atoms with van der Waals surface area (Å²) in [6.45, 7) is 3.99. The van der Waals surface area contributed by atoms with Crippen LogP contribution in [-0.2, 0) is 12.0 Å². The lowest BCUT2D eigenvalue weighted by atomic mass is 9.92. The normalized spacial score (nSPS) is 23.2. The lowest BCUT2D eigenvalue weighted by molar-refractivity contribution is 0.385. The monoisotopic (exact) mass is 218 g/mol.